The lowest BCUT2D eigenvalue weighted by molar-refractivity contribution is -0.883. The van der Waals surface area contributed by atoms with Gasteiger partial charge in [-0.25, -0.2) is 0 Å². The number of ether oxygens (including phenoxy) is 1. The Morgan fingerprint density at radius 2 is 1.83 bits per heavy atom. The quantitative estimate of drug-likeness (QED) is 0.863. The van der Waals surface area contributed by atoms with Gasteiger partial charge in [0.05, 0.1) is 33.2 Å². The van der Waals surface area contributed by atoms with Crippen molar-refractivity contribution in [3.63, 3.8) is 0 Å². The third kappa shape index (κ3) is 4.30. The predicted octanol–water partition coefficient (Wildman–Crippen LogP) is 1.77. The Morgan fingerprint density at radius 1 is 1.09 bits per heavy atom. The summed E-state index contributed by atoms with van der Waals surface area (Å²) in [5.74, 6) is 0.869. The van der Waals surface area contributed by atoms with Crippen LogP contribution < -0.4 is 9.64 Å². The highest BCUT2D eigenvalue weighted by Crippen LogP contribution is 2.17. The predicted molar refractivity (Wildman–Crippen MR) is 97.1 cm³/mol. The van der Waals surface area contributed by atoms with Gasteiger partial charge in [0.1, 0.15) is 17.3 Å². The van der Waals surface area contributed by atoms with E-state index in [-0.39, 0.29) is 0 Å². The van der Waals surface area contributed by atoms with E-state index >= 15 is 0 Å². The average Bonchev–Trinajstić information content (AvgIpc) is 2.61. The van der Waals surface area contributed by atoms with Gasteiger partial charge in [0.25, 0.3) is 0 Å². The molecule has 1 saturated heterocycles. The summed E-state index contributed by atoms with van der Waals surface area (Å²) in [4.78, 5) is 4.81. The van der Waals surface area contributed by atoms with Crippen LogP contribution in [-0.2, 0) is 6.61 Å². The fraction of sp³-hybridized carbons (Fsp3) is 0.316. The number of quaternary nitrogens is 1. The number of rotatable bonds is 4. The molecule has 0 aliphatic carbocycles. The summed E-state index contributed by atoms with van der Waals surface area (Å²) in [6.45, 7) is 4.92. The third-order valence-electron chi connectivity index (χ3n) is 4.23. The molecule has 0 atom stereocenters. The van der Waals surface area contributed by atoms with E-state index in [1.807, 2.05) is 30.3 Å². The summed E-state index contributed by atoms with van der Waals surface area (Å²) in [7, 11) is 2.23. The molecule has 2 aromatic carbocycles. The van der Waals surface area contributed by atoms with Crippen molar-refractivity contribution in [2.24, 2.45) is 0 Å². The number of thiocarbonyl (C=S) groups is 1. The van der Waals surface area contributed by atoms with Crippen LogP contribution in [0.25, 0.3) is 0 Å². The Balaban J connectivity index is 1.64. The molecule has 1 aliphatic heterocycles. The maximum absolute atomic E-state index is 5.91. The smallest absolute Gasteiger partial charge is 0.120 e. The zero-order valence-corrected chi connectivity index (χ0v) is 14.3. The van der Waals surface area contributed by atoms with E-state index in [2.05, 4.69) is 36.2 Å². The van der Waals surface area contributed by atoms with Crippen molar-refractivity contribution in [3.05, 3.63) is 65.7 Å². The Kier molecular flexibility index (Phi) is 5.26. The summed E-state index contributed by atoms with van der Waals surface area (Å²) in [6, 6.07) is 18.3. The number of hydrogen-bond acceptors (Lipinski definition) is 2. The molecule has 0 radical (unpaired) electrons. The maximum Gasteiger partial charge on any atom is 0.120 e. The van der Waals surface area contributed by atoms with Crippen molar-refractivity contribution in [2.75, 3.05) is 33.2 Å². The molecule has 3 rings (SSSR count). The van der Waals surface area contributed by atoms with Crippen LogP contribution in [0, 0.1) is 0 Å². The molecule has 0 saturated carbocycles. The van der Waals surface area contributed by atoms with Crippen LogP contribution in [0.5, 0.6) is 5.75 Å². The fourth-order valence-corrected chi connectivity index (χ4v) is 3.04. The number of benzene rings is 2. The molecule has 1 aliphatic rings. The molecule has 0 aromatic heterocycles. The molecule has 4 heteroatoms. The first-order chi connectivity index (χ1) is 11.2. The number of piperazine rings is 1. The normalized spacial score (nSPS) is 15.4. The van der Waals surface area contributed by atoms with E-state index in [9.17, 15) is 0 Å². The third-order valence-corrected chi connectivity index (χ3v) is 4.73. The van der Waals surface area contributed by atoms with Crippen LogP contribution >= 0.6 is 12.2 Å². The van der Waals surface area contributed by atoms with Crippen molar-refractivity contribution in [1.82, 2.24) is 4.90 Å². The van der Waals surface area contributed by atoms with Crippen molar-refractivity contribution < 1.29 is 9.64 Å². The first-order valence-electron chi connectivity index (χ1n) is 8.10. The lowest BCUT2D eigenvalue weighted by Gasteiger charge is -2.32. The molecule has 1 fully saturated rings. The van der Waals surface area contributed by atoms with Crippen LogP contribution in [0.2, 0.25) is 0 Å². The van der Waals surface area contributed by atoms with Gasteiger partial charge in [-0.1, -0.05) is 54.7 Å². The van der Waals surface area contributed by atoms with E-state index in [0.29, 0.717) is 6.61 Å². The minimum atomic E-state index is 0.578. The Hall–Kier alpha value is -1.91. The van der Waals surface area contributed by atoms with Crippen molar-refractivity contribution in [3.8, 4) is 5.75 Å². The van der Waals surface area contributed by atoms with Crippen LogP contribution in [0.4, 0.5) is 0 Å². The number of nitrogens with one attached hydrogen (secondary N) is 1. The second-order valence-electron chi connectivity index (χ2n) is 6.05. The average molecular weight is 327 g/mol. The van der Waals surface area contributed by atoms with Crippen molar-refractivity contribution in [2.45, 2.75) is 6.61 Å². The molecular weight excluding hydrogens is 304 g/mol. The first-order valence-corrected chi connectivity index (χ1v) is 8.50. The molecular formula is C19H23N2OS+. The maximum atomic E-state index is 5.91. The minimum absolute atomic E-state index is 0.578. The van der Waals surface area contributed by atoms with Gasteiger partial charge in [0.15, 0.2) is 0 Å². The Morgan fingerprint density at radius 3 is 2.57 bits per heavy atom. The lowest BCUT2D eigenvalue weighted by Crippen LogP contribution is -3.12. The van der Waals surface area contributed by atoms with Crippen molar-refractivity contribution >= 4 is 17.2 Å². The van der Waals surface area contributed by atoms with Gasteiger partial charge in [0.2, 0.25) is 0 Å². The fourth-order valence-electron chi connectivity index (χ4n) is 2.73. The second kappa shape index (κ2) is 7.57. The van der Waals surface area contributed by atoms with Crippen LogP contribution in [0.15, 0.2) is 54.6 Å². The molecule has 1 heterocycles. The highest BCUT2D eigenvalue weighted by molar-refractivity contribution is 7.80. The zero-order chi connectivity index (χ0) is 16.1. The summed E-state index contributed by atoms with van der Waals surface area (Å²) in [5.41, 5.74) is 2.24. The molecule has 23 heavy (non-hydrogen) atoms. The van der Waals surface area contributed by atoms with Gasteiger partial charge >= 0.3 is 0 Å². The largest absolute Gasteiger partial charge is 0.489 e. The minimum Gasteiger partial charge on any atom is -0.489 e. The monoisotopic (exact) mass is 327 g/mol. The number of likely N-dealkylation sites (N-methyl/N-ethyl adjacent to an activating group) is 1. The van der Waals surface area contributed by atoms with Crippen LogP contribution in [0.3, 0.4) is 0 Å². The summed E-state index contributed by atoms with van der Waals surface area (Å²) in [6.07, 6.45) is 0. The highest BCUT2D eigenvalue weighted by Gasteiger charge is 2.19. The van der Waals surface area contributed by atoms with Gasteiger partial charge in [-0.2, -0.15) is 0 Å². The molecule has 2 aromatic rings. The SMILES string of the molecule is C[NH+]1CCN(C(=S)c2cccc(OCc3ccccc3)c2)CC1. The molecule has 120 valence electrons. The number of hydrogen-bond donors (Lipinski definition) is 1. The summed E-state index contributed by atoms with van der Waals surface area (Å²) >= 11 is 5.68. The van der Waals surface area contributed by atoms with Gasteiger partial charge in [-0.15, -0.1) is 0 Å². The highest BCUT2D eigenvalue weighted by atomic mass is 32.1. The van der Waals surface area contributed by atoms with Gasteiger partial charge < -0.3 is 14.5 Å². The molecule has 0 bridgehead atoms. The number of nitrogens with zero attached hydrogens (tertiary/aromatic N) is 1. The molecule has 3 nitrogen and oxygen atoms in total. The van der Waals surface area contributed by atoms with E-state index in [1.165, 1.54) is 5.56 Å². The standard InChI is InChI=1S/C19H22N2OS/c1-20-10-12-21(13-11-20)19(23)17-8-5-9-18(14-17)22-15-16-6-3-2-4-7-16/h2-9,14H,10-13,15H2,1H3/p+1. The van der Waals surface area contributed by atoms with E-state index in [1.54, 1.807) is 4.90 Å². The molecule has 0 spiro atoms. The van der Waals surface area contributed by atoms with Crippen LogP contribution in [-0.4, -0.2) is 43.1 Å². The van der Waals surface area contributed by atoms with Gasteiger partial charge in [-0.05, 0) is 17.7 Å². The van der Waals surface area contributed by atoms with E-state index < -0.39 is 0 Å². The molecule has 1 N–H and O–H groups in total. The molecule has 0 amide bonds. The summed E-state index contributed by atoms with van der Waals surface area (Å²) < 4.78 is 5.91. The Labute approximate surface area is 143 Å². The zero-order valence-electron chi connectivity index (χ0n) is 13.5. The second-order valence-corrected chi connectivity index (χ2v) is 6.44. The topological polar surface area (TPSA) is 16.9 Å². The van der Waals surface area contributed by atoms with Crippen molar-refractivity contribution in [1.29, 1.82) is 0 Å². The molecule has 0 unspecified atom stereocenters. The van der Waals surface area contributed by atoms with Gasteiger partial charge in [0, 0.05) is 5.56 Å². The summed E-state index contributed by atoms with van der Waals surface area (Å²) in [5, 5.41) is 0. The Bertz CT molecular complexity index is 651. The van der Waals surface area contributed by atoms with E-state index in [4.69, 9.17) is 17.0 Å². The van der Waals surface area contributed by atoms with Crippen LogP contribution in [0.1, 0.15) is 11.1 Å². The first kappa shape index (κ1) is 16.0. The van der Waals surface area contributed by atoms with E-state index in [0.717, 1.165) is 42.5 Å². The lowest BCUT2D eigenvalue weighted by atomic mass is 10.2. The van der Waals surface area contributed by atoms with Gasteiger partial charge in [-0.3, -0.25) is 0 Å².